The Morgan fingerprint density at radius 2 is 2.20 bits per heavy atom. The molecule has 1 aliphatic heterocycles. The second-order valence-corrected chi connectivity index (χ2v) is 6.44. The van der Waals surface area contributed by atoms with Gasteiger partial charge >= 0.3 is 0 Å². The zero-order valence-corrected chi connectivity index (χ0v) is 12.9. The Hall–Kier alpha value is -1.10. The van der Waals surface area contributed by atoms with E-state index in [1.807, 2.05) is 0 Å². The average molecular weight is 284 g/mol. The summed E-state index contributed by atoms with van der Waals surface area (Å²) in [5.41, 5.74) is -0.858. The lowest BCUT2D eigenvalue weighted by Gasteiger charge is -2.25. The summed E-state index contributed by atoms with van der Waals surface area (Å²) >= 11 is 0. The lowest BCUT2D eigenvalue weighted by molar-refractivity contribution is -0.128. The largest absolute Gasteiger partial charge is 0.388 e. The minimum Gasteiger partial charge on any atom is -0.388 e. The van der Waals surface area contributed by atoms with Gasteiger partial charge in [-0.1, -0.05) is 13.8 Å². The van der Waals surface area contributed by atoms with E-state index in [0.717, 1.165) is 19.4 Å². The van der Waals surface area contributed by atoms with Gasteiger partial charge in [-0.15, -0.1) is 0 Å². The molecule has 1 atom stereocenters. The number of carbonyl (C=O) groups is 2. The predicted octanol–water partition coefficient (Wildman–Crippen LogP) is 1.30. The highest BCUT2D eigenvalue weighted by Gasteiger charge is 2.23. The minimum absolute atomic E-state index is 0.102. The molecule has 0 aromatic carbocycles. The van der Waals surface area contributed by atoms with Crippen molar-refractivity contribution in [1.82, 2.24) is 10.2 Å². The third-order valence-electron chi connectivity index (χ3n) is 3.71. The van der Waals surface area contributed by atoms with Gasteiger partial charge < -0.3 is 15.3 Å². The van der Waals surface area contributed by atoms with E-state index in [1.165, 1.54) is 0 Å². The van der Waals surface area contributed by atoms with E-state index in [-0.39, 0.29) is 18.4 Å². The molecule has 0 bridgehead atoms. The fraction of sp³-hybridized carbons (Fsp3) is 0.867. The van der Waals surface area contributed by atoms with Crippen LogP contribution in [0.2, 0.25) is 0 Å². The number of hydrogen-bond donors (Lipinski definition) is 2. The standard InChI is InChI=1S/C15H28N2O3/c1-12(2)6-8-15(3,20)11-16-13(18)7-10-17-9-4-5-14(17)19/h12,20H,4-11H2,1-3H3,(H,16,18). The summed E-state index contributed by atoms with van der Waals surface area (Å²) in [6.07, 6.45) is 3.42. The Morgan fingerprint density at radius 3 is 2.75 bits per heavy atom. The first kappa shape index (κ1) is 17.0. The molecule has 1 aliphatic rings. The smallest absolute Gasteiger partial charge is 0.222 e. The first-order valence-electron chi connectivity index (χ1n) is 7.57. The van der Waals surface area contributed by atoms with Crippen LogP contribution in [0.4, 0.5) is 0 Å². The number of amides is 2. The number of carbonyl (C=O) groups excluding carboxylic acids is 2. The van der Waals surface area contributed by atoms with Gasteiger partial charge in [0.15, 0.2) is 0 Å². The fourth-order valence-corrected chi connectivity index (χ4v) is 2.24. The van der Waals surface area contributed by atoms with Gasteiger partial charge in [-0.2, -0.15) is 0 Å². The van der Waals surface area contributed by atoms with Gasteiger partial charge in [0.25, 0.3) is 0 Å². The van der Waals surface area contributed by atoms with Crippen LogP contribution in [0.25, 0.3) is 0 Å². The highest BCUT2D eigenvalue weighted by molar-refractivity contribution is 5.80. The van der Waals surface area contributed by atoms with E-state index in [9.17, 15) is 14.7 Å². The second kappa shape index (κ2) is 7.62. The van der Waals surface area contributed by atoms with Gasteiger partial charge in [0, 0.05) is 32.5 Å². The van der Waals surface area contributed by atoms with Crippen LogP contribution in [-0.2, 0) is 9.59 Å². The Labute approximate surface area is 121 Å². The fourth-order valence-electron chi connectivity index (χ4n) is 2.24. The van der Waals surface area contributed by atoms with Crippen molar-refractivity contribution in [3.63, 3.8) is 0 Å². The Bertz CT molecular complexity index is 340. The van der Waals surface area contributed by atoms with Gasteiger partial charge in [-0.05, 0) is 32.1 Å². The zero-order valence-electron chi connectivity index (χ0n) is 12.9. The molecule has 1 heterocycles. The van der Waals surface area contributed by atoms with Crippen molar-refractivity contribution in [2.75, 3.05) is 19.6 Å². The van der Waals surface area contributed by atoms with Crippen LogP contribution in [0.5, 0.6) is 0 Å². The summed E-state index contributed by atoms with van der Waals surface area (Å²) in [4.78, 5) is 24.9. The van der Waals surface area contributed by atoms with E-state index in [0.29, 0.717) is 31.7 Å². The maximum Gasteiger partial charge on any atom is 0.222 e. The van der Waals surface area contributed by atoms with Crippen molar-refractivity contribution in [3.05, 3.63) is 0 Å². The Kier molecular flexibility index (Phi) is 6.46. The SMILES string of the molecule is CC(C)CCC(C)(O)CNC(=O)CCN1CCCC1=O. The molecule has 2 N–H and O–H groups in total. The van der Waals surface area contributed by atoms with E-state index in [4.69, 9.17) is 0 Å². The molecule has 1 unspecified atom stereocenters. The van der Waals surface area contributed by atoms with Gasteiger partial charge in [-0.25, -0.2) is 0 Å². The van der Waals surface area contributed by atoms with Crippen molar-refractivity contribution in [3.8, 4) is 0 Å². The van der Waals surface area contributed by atoms with Gasteiger partial charge in [0.1, 0.15) is 0 Å². The first-order chi connectivity index (χ1) is 9.30. The third kappa shape index (κ3) is 6.37. The quantitative estimate of drug-likeness (QED) is 0.706. The molecule has 0 aliphatic carbocycles. The monoisotopic (exact) mass is 284 g/mol. The van der Waals surface area contributed by atoms with Crippen molar-refractivity contribution in [1.29, 1.82) is 0 Å². The molecule has 0 spiro atoms. The van der Waals surface area contributed by atoms with E-state index < -0.39 is 5.60 Å². The van der Waals surface area contributed by atoms with E-state index >= 15 is 0 Å². The molecule has 5 nitrogen and oxygen atoms in total. The molecule has 2 amide bonds. The molecular weight excluding hydrogens is 256 g/mol. The number of hydrogen-bond acceptors (Lipinski definition) is 3. The zero-order chi connectivity index (χ0) is 15.2. The van der Waals surface area contributed by atoms with Crippen LogP contribution in [0.1, 0.15) is 52.9 Å². The van der Waals surface area contributed by atoms with Crippen molar-refractivity contribution >= 4 is 11.8 Å². The summed E-state index contributed by atoms with van der Waals surface area (Å²) in [6.45, 7) is 7.49. The Balaban J connectivity index is 2.20. The van der Waals surface area contributed by atoms with Gasteiger partial charge in [0.2, 0.25) is 11.8 Å². The van der Waals surface area contributed by atoms with Crippen LogP contribution in [0.3, 0.4) is 0 Å². The lowest BCUT2D eigenvalue weighted by Crippen LogP contribution is -2.41. The van der Waals surface area contributed by atoms with Crippen LogP contribution in [0.15, 0.2) is 0 Å². The summed E-state index contributed by atoms with van der Waals surface area (Å²) in [5.74, 6) is 0.578. The summed E-state index contributed by atoms with van der Waals surface area (Å²) < 4.78 is 0. The van der Waals surface area contributed by atoms with Crippen molar-refractivity contribution in [2.45, 2.75) is 58.5 Å². The molecule has 5 heteroatoms. The normalized spacial score (nSPS) is 18.4. The maximum atomic E-state index is 11.7. The van der Waals surface area contributed by atoms with Crippen molar-refractivity contribution in [2.24, 2.45) is 5.92 Å². The lowest BCUT2D eigenvalue weighted by atomic mass is 9.95. The number of rotatable bonds is 8. The Morgan fingerprint density at radius 1 is 1.50 bits per heavy atom. The molecule has 0 saturated carbocycles. The van der Waals surface area contributed by atoms with Crippen LogP contribution in [-0.4, -0.2) is 47.1 Å². The highest BCUT2D eigenvalue weighted by Crippen LogP contribution is 2.15. The summed E-state index contributed by atoms with van der Waals surface area (Å²) in [7, 11) is 0. The maximum absolute atomic E-state index is 11.7. The molecule has 0 aromatic rings. The van der Waals surface area contributed by atoms with Crippen LogP contribution < -0.4 is 5.32 Å². The van der Waals surface area contributed by atoms with E-state index in [2.05, 4.69) is 19.2 Å². The van der Waals surface area contributed by atoms with Crippen molar-refractivity contribution < 1.29 is 14.7 Å². The predicted molar refractivity (Wildman–Crippen MR) is 78.1 cm³/mol. The number of nitrogens with one attached hydrogen (secondary N) is 1. The van der Waals surface area contributed by atoms with Crippen LogP contribution >= 0.6 is 0 Å². The topological polar surface area (TPSA) is 69.6 Å². The molecule has 116 valence electrons. The number of nitrogens with zero attached hydrogens (tertiary/aromatic N) is 1. The molecule has 1 rings (SSSR count). The van der Waals surface area contributed by atoms with Gasteiger partial charge in [-0.3, -0.25) is 9.59 Å². The molecule has 0 aromatic heterocycles. The highest BCUT2D eigenvalue weighted by atomic mass is 16.3. The molecule has 0 radical (unpaired) electrons. The number of likely N-dealkylation sites (tertiary alicyclic amines) is 1. The number of aliphatic hydroxyl groups is 1. The van der Waals surface area contributed by atoms with Gasteiger partial charge in [0.05, 0.1) is 5.60 Å². The molecule has 1 fully saturated rings. The van der Waals surface area contributed by atoms with E-state index in [1.54, 1.807) is 11.8 Å². The average Bonchev–Trinajstić information content (AvgIpc) is 2.77. The minimum atomic E-state index is -0.858. The third-order valence-corrected chi connectivity index (χ3v) is 3.71. The molecule has 20 heavy (non-hydrogen) atoms. The molecule has 1 saturated heterocycles. The second-order valence-electron chi connectivity index (χ2n) is 6.44. The summed E-state index contributed by atoms with van der Waals surface area (Å²) in [5, 5.41) is 12.9. The van der Waals surface area contributed by atoms with Crippen LogP contribution in [0, 0.1) is 5.92 Å². The summed E-state index contributed by atoms with van der Waals surface area (Å²) in [6, 6.07) is 0. The first-order valence-corrected chi connectivity index (χ1v) is 7.57. The molecular formula is C15H28N2O3.